The van der Waals surface area contributed by atoms with Crippen LogP contribution < -0.4 is 5.32 Å². The molecule has 1 N–H and O–H groups in total. The van der Waals surface area contributed by atoms with E-state index in [1.165, 1.54) is 57.8 Å². The van der Waals surface area contributed by atoms with E-state index in [9.17, 15) is 4.79 Å². The largest absolute Gasteiger partial charge is 0.339 e. The third-order valence-corrected chi connectivity index (χ3v) is 6.45. The molecule has 0 bridgehead atoms. The number of rotatable bonds is 4. The van der Waals surface area contributed by atoms with Crippen LogP contribution in [-0.4, -0.2) is 36.5 Å². The summed E-state index contributed by atoms with van der Waals surface area (Å²) >= 11 is 0. The molecule has 0 radical (unpaired) electrons. The molecule has 0 aromatic carbocycles. The number of piperidine rings is 1. The molecule has 23 heavy (non-hydrogen) atoms. The molecular formula is C19H35ClN2O. The molecule has 3 unspecified atom stereocenters. The Bertz CT molecular complexity index is 364. The van der Waals surface area contributed by atoms with E-state index in [0.717, 1.165) is 32.0 Å². The molecule has 3 rings (SSSR count). The molecule has 2 saturated heterocycles. The fourth-order valence-corrected chi connectivity index (χ4v) is 5.04. The molecule has 4 heteroatoms. The lowest BCUT2D eigenvalue weighted by molar-refractivity contribution is -0.134. The van der Waals surface area contributed by atoms with Crippen LogP contribution in [0.25, 0.3) is 0 Å². The maximum absolute atomic E-state index is 12.9. The van der Waals surface area contributed by atoms with Crippen LogP contribution in [0.3, 0.4) is 0 Å². The molecule has 3 fully saturated rings. The lowest BCUT2D eigenvalue weighted by Crippen LogP contribution is -2.42. The molecule has 0 aromatic heterocycles. The Morgan fingerprint density at radius 3 is 2.57 bits per heavy atom. The summed E-state index contributed by atoms with van der Waals surface area (Å²) in [5, 5.41) is 3.49. The average Bonchev–Trinajstić information content (AvgIpc) is 3.06. The minimum absolute atomic E-state index is 0. The van der Waals surface area contributed by atoms with Gasteiger partial charge in [0.05, 0.1) is 0 Å². The zero-order valence-electron chi connectivity index (χ0n) is 14.8. The van der Waals surface area contributed by atoms with E-state index in [1.54, 1.807) is 0 Å². The monoisotopic (exact) mass is 342 g/mol. The Kier molecular flexibility index (Phi) is 7.68. The molecule has 2 heterocycles. The number of hydrogen-bond donors (Lipinski definition) is 1. The normalized spacial score (nSPS) is 30.7. The summed E-state index contributed by atoms with van der Waals surface area (Å²) in [6.45, 7) is 5.59. The maximum Gasteiger partial charge on any atom is 0.223 e. The van der Waals surface area contributed by atoms with Crippen molar-refractivity contribution in [3.63, 3.8) is 0 Å². The Balaban J connectivity index is 0.00000192. The van der Waals surface area contributed by atoms with Gasteiger partial charge in [0, 0.05) is 19.0 Å². The number of likely N-dealkylation sites (tertiary alicyclic amines) is 1. The molecule has 3 atom stereocenters. The van der Waals surface area contributed by atoms with Gasteiger partial charge in [0.15, 0.2) is 0 Å². The molecule has 3 nitrogen and oxygen atoms in total. The summed E-state index contributed by atoms with van der Waals surface area (Å²) in [7, 11) is 0. The van der Waals surface area contributed by atoms with Crippen LogP contribution in [0.2, 0.25) is 0 Å². The smallest absolute Gasteiger partial charge is 0.223 e. The van der Waals surface area contributed by atoms with Crippen LogP contribution in [0.1, 0.15) is 71.1 Å². The van der Waals surface area contributed by atoms with Gasteiger partial charge in [-0.2, -0.15) is 0 Å². The Morgan fingerprint density at radius 2 is 1.87 bits per heavy atom. The van der Waals surface area contributed by atoms with Gasteiger partial charge in [0.2, 0.25) is 5.91 Å². The second kappa shape index (κ2) is 9.27. The molecule has 134 valence electrons. The van der Waals surface area contributed by atoms with E-state index in [4.69, 9.17) is 0 Å². The van der Waals surface area contributed by atoms with Crippen LogP contribution in [0.5, 0.6) is 0 Å². The first kappa shape index (κ1) is 19.1. The molecule has 1 amide bonds. The van der Waals surface area contributed by atoms with Crippen molar-refractivity contribution in [1.29, 1.82) is 0 Å². The highest BCUT2D eigenvalue weighted by atomic mass is 35.5. The van der Waals surface area contributed by atoms with Crippen molar-refractivity contribution >= 4 is 18.3 Å². The van der Waals surface area contributed by atoms with E-state index in [-0.39, 0.29) is 12.4 Å². The van der Waals surface area contributed by atoms with Crippen molar-refractivity contribution in [2.24, 2.45) is 17.8 Å². The third-order valence-electron chi connectivity index (χ3n) is 6.45. The highest BCUT2D eigenvalue weighted by Gasteiger charge is 2.36. The number of hydrogen-bond acceptors (Lipinski definition) is 2. The second-order valence-corrected chi connectivity index (χ2v) is 7.98. The minimum Gasteiger partial charge on any atom is -0.339 e. The number of halogens is 1. The van der Waals surface area contributed by atoms with Gasteiger partial charge < -0.3 is 10.2 Å². The van der Waals surface area contributed by atoms with Crippen molar-refractivity contribution in [2.45, 2.75) is 77.2 Å². The second-order valence-electron chi connectivity index (χ2n) is 7.98. The maximum atomic E-state index is 12.9. The summed E-state index contributed by atoms with van der Waals surface area (Å²) in [5.74, 6) is 2.49. The summed E-state index contributed by atoms with van der Waals surface area (Å²) in [6.07, 6.45) is 12.7. The van der Waals surface area contributed by atoms with E-state index in [0.29, 0.717) is 23.8 Å². The first-order chi connectivity index (χ1) is 10.8. The number of nitrogens with one attached hydrogen (secondary N) is 1. The third kappa shape index (κ3) is 4.85. The Labute approximate surface area is 148 Å². The summed E-state index contributed by atoms with van der Waals surface area (Å²) in [5.41, 5.74) is 0. The predicted octanol–water partition coefficient (Wildman–Crippen LogP) is 4.01. The van der Waals surface area contributed by atoms with Crippen molar-refractivity contribution < 1.29 is 4.79 Å². The summed E-state index contributed by atoms with van der Waals surface area (Å²) in [6, 6.07) is 0.574. The van der Waals surface area contributed by atoms with Crippen LogP contribution in [-0.2, 0) is 4.79 Å². The number of amides is 1. The number of carbonyl (C=O) groups excluding carboxylic acids is 1. The average molecular weight is 343 g/mol. The highest BCUT2D eigenvalue weighted by Crippen LogP contribution is 2.35. The van der Waals surface area contributed by atoms with Crippen molar-refractivity contribution in [2.75, 3.05) is 19.6 Å². The fraction of sp³-hybridized carbons (Fsp3) is 0.947. The van der Waals surface area contributed by atoms with E-state index in [1.807, 2.05) is 0 Å². The van der Waals surface area contributed by atoms with Crippen LogP contribution in [0, 0.1) is 17.8 Å². The van der Waals surface area contributed by atoms with Crippen molar-refractivity contribution in [3.05, 3.63) is 0 Å². The van der Waals surface area contributed by atoms with Gasteiger partial charge in [-0.3, -0.25) is 4.79 Å². The van der Waals surface area contributed by atoms with Crippen LogP contribution in [0.4, 0.5) is 0 Å². The van der Waals surface area contributed by atoms with E-state index in [2.05, 4.69) is 17.1 Å². The zero-order chi connectivity index (χ0) is 15.4. The number of carbonyl (C=O) groups is 1. The SMILES string of the molecule is CC(CC(=O)N1CCCC1C1CCCCC1)C1CCCNC1.Cl. The first-order valence-electron chi connectivity index (χ1n) is 9.76. The van der Waals surface area contributed by atoms with Gasteiger partial charge in [-0.05, 0) is 69.4 Å². The van der Waals surface area contributed by atoms with Gasteiger partial charge in [-0.15, -0.1) is 12.4 Å². The standard InChI is InChI=1S/C19H34N2O.ClH/c1-15(17-9-5-11-20-14-17)13-19(22)21-12-6-10-18(21)16-7-3-2-4-8-16;/h15-18,20H,2-14H2,1H3;1H. The molecule has 0 aromatic rings. The van der Waals surface area contributed by atoms with Gasteiger partial charge >= 0.3 is 0 Å². The van der Waals surface area contributed by atoms with Crippen LogP contribution >= 0.6 is 12.4 Å². The molecule has 1 saturated carbocycles. The van der Waals surface area contributed by atoms with Gasteiger partial charge in [-0.25, -0.2) is 0 Å². The van der Waals surface area contributed by atoms with Crippen molar-refractivity contribution in [1.82, 2.24) is 10.2 Å². The summed E-state index contributed by atoms with van der Waals surface area (Å²) < 4.78 is 0. The predicted molar refractivity (Wildman–Crippen MR) is 97.9 cm³/mol. The molecule has 2 aliphatic heterocycles. The lowest BCUT2D eigenvalue weighted by atomic mass is 9.82. The minimum atomic E-state index is 0. The summed E-state index contributed by atoms with van der Waals surface area (Å²) in [4.78, 5) is 15.1. The van der Waals surface area contributed by atoms with Crippen molar-refractivity contribution in [3.8, 4) is 0 Å². The van der Waals surface area contributed by atoms with E-state index < -0.39 is 0 Å². The molecule has 0 spiro atoms. The molecule has 3 aliphatic rings. The van der Waals surface area contributed by atoms with Gasteiger partial charge in [0.1, 0.15) is 0 Å². The lowest BCUT2D eigenvalue weighted by Gasteiger charge is -2.35. The van der Waals surface area contributed by atoms with Crippen LogP contribution in [0.15, 0.2) is 0 Å². The van der Waals surface area contributed by atoms with E-state index >= 15 is 0 Å². The quantitative estimate of drug-likeness (QED) is 0.837. The highest BCUT2D eigenvalue weighted by molar-refractivity contribution is 5.85. The Hall–Kier alpha value is -0.280. The topological polar surface area (TPSA) is 32.3 Å². The fourth-order valence-electron chi connectivity index (χ4n) is 5.04. The first-order valence-corrected chi connectivity index (χ1v) is 9.76. The zero-order valence-corrected chi connectivity index (χ0v) is 15.6. The Morgan fingerprint density at radius 1 is 1.09 bits per heavy atom. The molecule has 1 aliphatic carbocycles. The van der Waals surface area contributed by atoms with Gasteiger partial charge in [0.25, 0.3) is 0 Å². The number of nitrogens with zero attached hydrogens (tertiary/aromatic N) is 1. The molecular weight excluding hydrogens is 308 g/mol. The van der Waals surface area contributed by atoms with Gasteiger partial charge in [-0.1, -0.05) is 26.2 Å².